The average molecular weight is 460 g/mol. The van der Waals surface area contributed by atoms with Crippen LogP contribution in [0.15, 0.2) is 78.9 Å². The van der Waals surface area contributed by atoms with E-state index in [-0.39, 0.29) is 18.4 Å². The van der Waals surface area contributed by atoms with Gasteiger partial charge in [-0.25, -0.2) is 0 Å². The zero-order chi connectivity index (χ0) is 23.8. The molecule has 1 aliphatic rings. The highest BCUT2D eigenvalue weighted by Crippen LogP contribution is 2.26. The van der Waals surface area contributed by atoms with Crippen LogP contribution in [0, 0.1) is 0 Å². The lowest BCUT2D eigenvalue weighted by Crippen LogP contribution is -2.38. The molecule has 1 heterocycles. The van der Waals surface area contributed by atoms with Crippen molar-refractivity contribution in [3.63, 3.8) is 0 Å². The van der Waals surface area contributed by atoms with E-state index in [0.717, 1.165) is 32.0 Å². The Morgan fingerprint density at radius 1 is 0.941 bits per heavy atom. The zero-order valence-corrected chi connectivity index (χ0v) is 19.3. The lowest BCUT2D eigenvalue weighted by atomic mass is 10.1. The number of nitrogens with zero attached hydrogens (tertiary/aromatic N) is 2. The maximum atomic E-state index is 13.2. The molecule has 1 aliphatic heterocycles. The van der Waals surface area contributed by atoms with Crippen molar-refractivity contribution in [2.75, 3.05) is 49.6 Å². The number of benzene rings is 3. The van der Waals surface area contributed by atoms with Gasteiger partial charge in [-0.15, -0.1) is 0 Å². The van der Waals surface area contributed by atoms with Crippen LogP contribution < -0.4 is 15.0 Å². The number of carbonyl (C=O) groups is 2. The average Bonchev–Trinajstić information content (AvgIpc) is 2.89. The van der Waals surface area contributed by atoms with Gasteiger partial charge in [0.1, 0.15) is 18.0 Å². The van der Waals surface area contributed by atoms with Crippen LogP contribution in [0.3, 0.4) is 0 Å². The van der Waals surface area contributed by atoms with E-state index in [0.29, 0.717) is 29.3 Å². The van der Waals surface area contributed by atoms with Crippen molar-refractivity contribution in [2.24, 2.45) is 0 Å². The van der Waals surface area contributed by atoms with E-state index in [1.165, 1.54) is 4.90 Å². The number of ether oxygens (including phenoxy) is 2. The summed E-state index contributed by atoms with van der Waals surface area (Å²) in [5, 5.41) is 2.89. The smallest absolute Gasteiger partial charge is 0.258 e. The van der Waals surface area contributed by atoms with Crippen molar-refractivity contribution in [3.8, 4) is 11.5 Å². The van der Waals surface area contributed by atoms with Crippen LogP contribution in [0.2, 0.25) is 0 Å². The maximum absolute atomic E-state index is 13.2. The number of anilines is 2. The van der Waals surface area contributed by atoms with Gasteiger partial charge in [-0.2, -0.15) is 0 Å². The highest BCUT2D eigenvalue weighted by Gasteiger charge is 2.21. The number of morpholine rings is 1. The SMILES string of the molecule is CCN(CC(=O)Nc1ccc(N2CCOCC2)cc1)C(=O)c1ccccc1Oc1ccccc1. The first-order valence-electron chi connectivity index (χ1n) is 11.5. The summed E-state index contributed by atoms with van der Waals surface area (Å²) in [4.78, 5) is 29.7. The van der Waals surface area contributed by atoms with E-state index < -0.39 is 0 Å². The molecule has 2 amide bonds. The van der Waals surface area contributed by atoms with E-state index >= 15 is 0 Å². The molecule has 34 heavy (non-hydrogen) atoms. The van der Waals surface area contributed by atoms with Crippen molar-refractivity contribution in [3.05, 3.63) is 84.4 Å². The number of amides is 2. The molecule has 0 aromatic heterocycles. The van der Waals surface area contributed by atoms with Gasteiger partial charge in [-0.1, -0.05) is 30.3 Å². The van der Waals surface area contributed by atoms with Crippen LogP contribution >= 0.6 is 0 Å². The fraction of sp³-hybridized carbons (Fsp3) is 0.259. The highest BCUT2D eigenvalue weighted by atomic mass is 16.5. The van der Waals surface area contributed by atoms with Gasteiger partial charge in [0.05, 0.1) is 18.8 Å². The first-order valence-corrected chi connectivity index (χ1v) is 11.5. The lowest BCUT2D eigenvalue weighted by Gasteiger charge is -2.29. The maximum Gasteiger partial charge on any atom is 0.258 e. The van der Waals surface area contributed by atoms with Gasteiger partial charge in [0.2, 0.25) is 5.91 Å². The molecule has 0 aliphatic carbocycles. The van der Waals surface area contributed by atoms with Crippen molar-refractivity contribution in [1.82, 2.24) is 4.90 Å². The second kappa shape index (κ2) is 11.3. The van der Waals surface area contributed by atoms with Crippen molar-refractivity contribution >= 4 is 23.2 Å². The van der Waals surface area contributed by atoms with Crippen molar-refractivity contribution in [1.29, 1.82) is 0 Å². The molecule has 7 nitrogen and oxygen atoms in total. The summed E-state index contributed by atoms with van der Waals surface area (Å²) in [7, 11) is 0. The van der Waals surface area contributed by atoms with Gasteiger partial charge in [-0.05, 0) is 55.5 Å². The molecule has 7 heteroatoms. The van der Waals surface area contributed by atoms with Crippen LogP contribution in [0.4, 0.5) is 11.4 Å². The van der Waals surface area contributed by atoms with Gasteiger partial charge >= 0.3 is 0 Å². The Balaban J connectivity index is 1.39. The number of nitrogens with one attached hydrogen (secondary N) is 1. The Hall–Kier alpha value is -3.84. The predicted molar refractivity (Wildman–Crippen MR) is 133 cm³/mol. The Morgan fingerprint density at radius 2 is 1.62 bits per heavy atom. The third-order valence-electron chi connectivity index (χ3n) is 5.62. The fourth-order valence-corrected chi connectivity index (χ4v) is 3.80. The molecule has 0 atom stereocenters. The number of hydrogen-bond donors (Lipinski definition) is 1. The molecule has 1 fully saturated rings. The molecule has 4 rings (SSSR count). The second-order valence-corrected chi connectivity index (χ2v) is 7.93. The van der Waals surface area contributed by atoms with Gasteiger partial charge in [-0.3, -0.25) is 9.59 Å². The Kier molecular flexibility index (Phi) is 7.78. The predicted octanol–water partition coefficient (Wildman–Crippen LogP) is 4.42. The monoisotopic (exact) mass is 459 g/mol. The molecular formula is C27H29N3O4. The second-order valence-electron chi connectivity index (χ2n) is 7.93. The molecule has 0 saturated carbocycles. The molecule has 0 bridgehead atoms. The van der Waals surface area contributed by atoms with E-state index in [2.05, 4.69) is 10.2 Å². The van der Waals surface area contributed by atoms with E-state index in [4.69, 9.17) is 9.47 Å². The number of hydrogen-bond acceptors (Lipinski definition) is 5. The van der Waals surface area contributed by atoms with E-state index in [1.54, 1.807) is 18.2 Å². The molecule has 0 radical (unpaired) electrons. The minimum Gasteiger partial charge on any atom is -0.457 e. The van der Waals surface area contributed by atoms with Crippen LogP contribution in [0.1, 0.15) is 17.3 Å². The van der Waals surface area contributed by atoms with Gasteiger partial charge in [0.15, 0.2) is 0 Å². The van der Waals surface area contributed by atoms with E-state index in [9.17, 15) is 9.59 Å². The van der Waals surface area contributed by atoms with E-state index in [1.807, 2.05) is 67.6 Å². The molecular weight excluding hydrogens is 430 g/mol. The topological polar surface area (TPSA) is 71.1 Å². The number of para-hydroxylation sites is 2. The minimum absolute atomic E-state index is 0.0553. The molecule has 0 spiro atoms. The van der Waals surface area contributed by atoms with Crippen molar-refractivity contribution in [2.45, 2.75) is 6.92 Å². The molecule has 1 N–H and O–H groups in total. The molecule has 176 valence electrons. The van der Waals surface area contributed by atoms with Crippen LogP contribution in [-0.2, 0) is 9.53 Å². The van der Waals surface area contributed by atoms with Gasteiger partial charge in [0, 0.05) is 31.0 Å². The lowest BCUT2D eigenvalue weighted by molar-refractivity contribution is -0.116. The summed E-state index contributed by atoms with van der Waals surface area (Å²) in [5.74, 6) is 0.586. The normalized spacial score (nSPS) is 13.3. The third kappa shape index (κ3) is 5.94. The Morgan fingerprint density at radius 3 is 2.32 bits per heavy atom. The van der Waals surface area contributed by atoms with Crippen LogP contribution in [-0.4, -0.2) is 56.1 Å². The van der Waals surface area contributed by atoms with Gasteiger partial charge < -0.3 is 24.6 Å². The molecule has 3 aromatic rings. The number of likely N-dealkylation sites (N-methyl/N-ethyl adjacent to an activating group) is 1. The zero-order valence-electron chi connectivity index (χ0n) is 19.3. The minimum atomic E-state index is -0.258. The third-order valence-corrected chi connectivity index (χ3v) is 5.62. The van der Waals surface area contributed by atoms with Crippen LogP contribution in [0.5, 0.6) is 11.5 Å². The Labute approximate surface area is 199 Å². The summed E-state index contributed by atoms with van der Waals surface area (Å²) in [6, 6.07) is 24.1. The fourth-order valence-electron chi connectivity index (χ4n) is 3.80. The number of carbonyl (C=O) groups excluding carboxylic acids is 2. The summed E-state index contributed by atoms with van der Waals surface area (Å²) < 4.78 is 11.3. The summed E-state index contributed by atoms with van der Waals surface area (Å²) in [5.41, 5.74) is 2.20. The molecule has 0 unspecified atom stereocenters. The summed E-state index contributed by atoms with van der Waals surface area (Å²) in [6.07, 6.45) is 0. The Bertz CT molecular complexity index is 1100. The molecule has 1 saturated heterocycles. The van der Waals surface area contributed by atoms with Gasteiger partial charge in [0.25, 0.3) is 5.91 Å². The highest BCUT2D eigenvalue weighted by molar-refractivity contribution is 6.01. The van der Waals surface area contributed by atoms with Crippen LogP contribution in [0.25, 0.3) is 0 Å². The standard InChI is InChI=1S/C27H29N3O4/c1-2-29(27(32)24-10-6-7-11-25(24)34-23-8-4-3-5-9-23)20-26(31)28-21-12-14-22(15-13-21)30-16-18-33-19-17-30/h3-15H,2,16-20H2,1H3,(H,28,31). The molecule has 3 aromatic carbocycles. The first kappa shape index (κ1) is 23.3. The number of rotatable bonds is 8. The summed E-state index contributed by atoms with van der Waals surface area (Å²) in [6.45, 7) is 5.34. The quantitative estimate of drug-likeness (QED) is 0.540. The van der Waals surface area contributed by atoms with Crippen molar-refractivity contribution < 1.29 is 19.1 Å². The summed E-state index contributed by atoms with van der Waals surface area (Å²) >= 11 is 0. The largest absolute Gasteiger partial charge is 0.457 e. The first-order chi connectivity index (χ1) is 16.6.